The number of halogens is 4. The van der Waals surface area contributed by atoms with Crippen molar-refractivity contribution in [1.82, 2.24) is 0 Å². The summed E-state index contributed by atoms with van der Waals surface area (Å²) in [6.07, 6.45) is -4.71. The number of anilines is 2. The summed E-state index contributed by atoms with van der Waals surface area (Å²) in [5.41, 5.74) is 4.09. The first-order chi connectivity index (χ1) is 12.1. The van der Waals surface area contributed by atoms with Crippen molar-refractivity contribution >= 4 is 40.7 Å². The average molecular weight is 386 g/mol. The topological polar surface area (TPSA) is 101 Å². The van der Waals surface area contributed by atoms with E-state index in [1.807, 2.05) is 5.32 Å². The number of hydrogen-bond acceptors (Lipinski definition) is 3. The van der Waals surface area contributed by atoms with Crippen molar-refractivity contribution < 1.29 is 27.6 Å². The molecule has 2 aromatic rings. The molecule has 0 aromatic heterocycles. The first-order valence-electron chi connectivity index (χ1n) is 6.97. The first-order valence-corrected chi connectivity index (χ1v) is 7.34. The second-order valence-corrected chi connectivity index (χ2v) is 5.45. The number of rotatable bonds is 3. The molecular weight excluding hydrogens is 375 g/mol. The molecule has 0 spiro atoms. The third-order valence-corrected chi connectivity index (χ3v) is 3.49. The lowest BCUT2D eigenvalue weighted by molar-refractivity contribution is -0.137. The molecule has 2 aromatic carbocycles. The van der Waals surface area contributed by atoms with Crippen LogP contribution in [0.4, 0.5) is 24.5 Å². The van der Waals surface area contributed by atoms with Crippen molar-refractivity contribution in [2.45, 2.75) is 6.18 Å². The molecule has 0 saturated carbocycles. The van der Waals surface area contributed by atoms with Crippen molar-refractivity contribution in [2.24, 2.45) is 5.73 Å². The molecule has 0 aliphatic rings. The van der Waals surface area contributed by atoms with Crippen LogP contribution in [0.5, 0.6) is 0 Å². The van der Waals surface area contributed by atoms with Crippen LogP contribution >= 0.6 is 11.6 Å². The zero-order valence-electron chi connectivity index (χ0n) is 12.9. The smallest absolute Gasteiger partial charge is 0.366 e. The van der Waals surface area contributed by atoms with Crippen LogP contribution in [0.1, 0.15) is 15.9 Å². The van der Waals surface area contributed by atoms with Crippen molar-refractivity contribution in [3.8, 4) is 0 Å². The van der Waals surface area contributed by atoms with Crippen molar-refractivity contribution in [3.63, 3.8) is 0 Å². The monoisotopic (exact) mass is 385 g/mol. The molecule has 4 N–H and O–H groups in total. The standard InChI is InChI=1S/C16H11ClF3N3O3/c17-12-6-5-10(7-11(12)16(18,19)20)23-15(26)14(25)22-9-3-1-8(2-4-9)13(21)24/h1-7H,(H2,21,24)(H,22,25)(H,23,26). The van der Waals surface area contributed by atoms with Gasteiger partial charge in [0.1, 0.15) is 0 Å². The Bertz CT molecular complexity index is 867. The highest BCUT2D eigenvalue weighted by Crippen LogP contribution is 2.36. The van der Waals surface area contributed by atoms with Crippen LogP contribution in [0.25, 0.3) is 0 Å². The molecule has 0 radical (unpaired) electrons. The van der Waals surface area contributed by atoms with Gasteiger partial charge in [0.05, 0.1) is 10.6 Å². The minimum atomic E-state index is -4.71. The summed E-state index contributed by atoms with van der Waals surface area (Å²) in [6, 6.07) is 8.07. The van der Waals surface area contributed by atoms with Gasteiger partial charge in [-0.25, -0.2) is 0 Å². The molecule has 0 aliphatic carbocycles. The maximum Gasteiger partial charge on any atom is 0.417 e. The highest BCUT2D eigenvalue weighted by atomic mass is 35.5. The summed E-state index contributed by atoms with van der Waals surface area (Å²) < 4.78 is 38.4. The molecule has 0 bridgehead atoms. The third kappa shape index (κ3) is 4.73. The Kier molecular flexibility index (Phi) is 5.51. The quantitative estimate of drug-likeness (QED) is 0.708. The molecular formula is C16H11ClF3N3O3. The number of nitrogens with two attached hydrogens (primary N) is 1. The van der Waals surface area contributed by atoms with Gasteiger partial charge in [-0.1, -0.05) is 11.6 Å². The van der Waals surface area contributed by atoms with Crippen molar-refractivity contribution in [2.75, 3.05) is 10.6 Å². The van der Waals surface area contributed by atoms with Crippen molar-refractivity contribution in [1.29, 1.82) is 0 Å². The Hall–Kier alpha value is -3.07. The van der Waals surface area contributed by atoms with E-state index < -0.39 is 34.5 Å². The Labute approximate surface area is 150 Å². The third-order valence-electron chi connectivity index (χ3n) is 3.16. The average Bonchev–Trinajstić information content (AvgIpc) is 2.56. The minimum Gasteiger partial charge on any atom is -0.366 e. The lowest BCUT2D eigenvalue weighted by Gasteiger charge is -2.12. The van der Waals surface area contributed by atoms with Crippen LogP contribution in [-0.4, -0.2) is 17.7 Å². The maximum absolute atomic E-state index is 12.8. The fraction of sp³-hybridized carbons (Fsp3) is 0.0625. The van der Waals surface area contributed by atoms with E-state index in [-0.39, 0.29) is 16.9 Å². The van der Waals surface area contributed by atoms with E-state index in [0.717, 1.165) is 12.1 Å². The van der Waals surface area contributed by atoms with Gasteiger partial charge in [-0.15, -0.1) is 0 Å². The highest BCUT2D eigenvalue weighted by Gasteiger charge is 2.33. The molecule has 0 atom stereocenters. The number of hydrogen-bond donors (Lipinski definition) is 3. The molecule has 0 unspecified atom stereocenters. The maximum atomic E-state index is 12.8. The van der Waals surface area contributed by atoms with Crippen LogP contribution in [0, 0.1) is 0 Å². The number of carbonyl (C=O) groups excluding carboxylic acids is 3. The number of carbonyl (C=O) groups is 3. The second-order valence-electron chi connectivity index (χ2n) is 5.04. The predicted molar refractivity (Wildman–Crippen MR) is 88.7 cm³/mol. The van der Waals surface area contributed by atoms with Crippen LogP contribution in [0.2, 0.25) is 5.02 Å². The zero-order chi connectivity index (χ0) is 19.5. The molecule has 136 valence electrons. The molecule has 0 fully saturated rings. The van der Waals surface area contributed by atoms with E-state index >= 15 is 0 Å². The Balaban J connectivity index is 2.07. The normalized spacial score (nSPS) is 10.9. The van der Waals surface area contributed by atoms with Gasteiger partial charge in [-0.3, -0.25) is 14.4 Å². The molecule has 6 nitrogen and oxygen atoms in total. The van der Waals surface area contributed by atoms with Gasteiger partial charge in [0.15, 0.2) is 0 Å². The molecule has 0 aliphatic heterocycles. The van der Waals surface area contributed by atoms with Crippen LogP contribution in [0.3, 0.4) is 0 Å². The molecule has 10 heteroatoms. The van der Waals surface area contributed by atoms with Gasteiger partial charge in [-0.05, 0) is 42.5 Å². The first kappa shape index (κ1) is 19.3. The van der Waals surface area contributed by atoms with E-state index in [1.165, 1.54) is 24.3 Å². The van der Waals surface area contributed by atoms with Crippen molar-refractivity contribution in [3.05, 3.63) is 58.6 Å². The lowest BCUT2D eigenvalue weighted by atomic mass is 10.2. The van der Waals surface area contributed by atoms with E-state index in [2.05, 4.69) is 5.32 Å². The lowest BCUT2D eigenvalue weighted by Crippen LogP contribution is -2.29. The molecule has 3 amide bonds. The summed E-state index contributed by atoms with van der Waals surface area (Å²) in [5, 5.41) is 3.75. The van der Waals surface area contributed by atoms with Gasteiger partial charge < -0.3 is 16.4 Å². The Morgan fingerprint density at radius 1 is 0.885 bits per heavy atom. The number of amides is 3. The highest BCUT2D eigenvalue weighted by molar-refractivity contribution is 6.43. The second kappa shape index (κ2) is 7.44. The number of alkyl halides is 3. The summed E-state index contributed by atoms with van der Waals surface area (Å²) >= 11 is 5.48. The fourth-order valence-corrected chi connectivity index (χ4v) is 2.14. The molecule has 0 saturated heterocycles. The Morgan fingerprint density at radius 2 is 1.38 bits per heavy atom. The van der Waals surface area contributed by atoms with Gasteiger partial charge in [0.2, 0.25) is 5.91 Å². The summed E-state index contributed by atoms with van der Waals surface area (Å²) in [6.45, 7) is 0. The fourth-order valence-electron chi connectivity index (χ4n) is 1.91. The molecule has 0 heterocycles. The Morgan fingerprint density at radius 3 is 1.88 bits per heavy atom. The molecule has 2 rings (SSSR count). The van der Waals surface area contributed by atoms with E-state index in [1.54, 1.807) is 0 Å². The zero-order valence-corrected chi connectivity index (χ0v) is 13.6. The van der Waals surface area contributed by atoms with E-state index in [9.17, 15) is 27.6 Å². The van der Waals surface area contributed by atoms with Crippen LogP contribution in [-0.2, 0) is 15.8 Å². The predicted octanol–water partition coefficient (Wildman–Crippen LogP) is 3.03. The summed E-state index contributed by atoms with van der Waals surface area (Å²) in [4.78, 5) is 34.6. The SMILES string of the molecule is NC(=O)c1ccc(NC(=O)C(=O)Nc2ccc(Cl)c(C(F)(F)F)c2)cc1. The van der Waals surface area contributed by atoms with E-state index in [0.29, 0.717) is 6.07 Å². The number of nitrogens with one attached hydrogen (secondary N) is 2. The van der Waals surface area contributed by atoms with Gasteiger partial charge in [0, 0.05) is 16.9 Å². The number of benzene rings is 2. The van der Waals surface area contributed by atoms with Crippen LogP contribution < -0.4 is 16.4 Å². The van der Waals surface area contributed by atoms with Gasteiger partial charge in [0.25, 0.3) is 0 Å². The number of primary amides is 1. The van der Waals surface area contributed by atoms with Gasteiger partial charge >= 0.3 is 18.0 Å². The minimum absolute atomic E-state index is 0.197. The summed E-state index contributed by atoms with van der Waals surface area (Å²) in [5.74, 6) is -2.96. The van der Waals surface area contributed by atoms with Gasteiger partial charge in [-0.2, -0.15) is 13.2 Å². The van der Waals surface area contributed by atoms with E-state index in [4.69, 9.17) is 17.3 Å². The van der Waals surface area contributed by atoms with Crippen LogP contribution in [0.15, 0.2) is 42.5 Å². The largest absolute Gasteiger partial charge is 0.417 e. The summed E-state index contributed by atoms with van der Waals surface area (Å²) in [7, 11) is 0. The molecule has 26 heavy (non-hydrogen) atoms.